The second-order valence-corrected chi connectivity index (χ2v) is 5.13. The molecule has 0 heterocycles. The molecular weight excluding hydrogens is 251 g/mol. The van der Waals surface area contributed by atoms with Gasteiger partial charge in [0, 0.05) is 23.6 Å². The summed E-state index contributed by atoms with van der Waals surface area (Å²) in [6.07, 6.45) is 4.37. The Labute approximate surface area is 110 Å². The number of nitro benzene ring substituents is 1. The van der Waals surface area contributed by atoms with Crippen molar-refractivity contribution in [2.24, 2.45) is 5.73 Å². The summed E-state index contributed by atoms with van der Waals surface area (Å²) in [5.41, 5.74) is 5.20. The molecule has 104 valence electrons. The number of aromatic hydroxyl groups is 1. The fraction of sp³-hybridized carbons (Fsp3) is 0.538. The van der Waals surface area contributed by atoms with Crippen LogP contribution in [0.25, 0.3) is 0 Å². The second-order valence-electron chi connectivity index (χ2n) is 5.13. The Hall–Kier alpha value is -1.69. The van der Waals surface area contributed by atoms with Crippen LogP contribution in [0.5, 0.6) is 5.75 Å². The van der Waals surface area contributed by atoms with Crippen molar-refractivity contribution in [1.82, 2.24) is 0 Å². The molecule has 1 aliphatic carbocycles. The lowest BCUT2D eigenvalue weighted by molar-refractivity contribution is -0.385. The van der Waals surface area contributed by atoms with E-state index in [1.807, 2.05) is 0 Å². The van der Waals surface area contributed by atoms with Gasteiger partial charge in [-0.15, -0.1) is 0 Å². The Balaban J connectivity index is 2.55. The number of rotatable bonds is 3. The molecule has 6 heteroatoms. The van der Waals surface area contributed by atoms with E-state index in [1.165, 1.54) is 6.07 Å². The van der Waals surface area contributed by atoms with Gasteiger partial charge in [0.2, 0.25) is 0 Å². The van der Waals surface area contributed by atoms with Crippen molar-refractivity contribution < 1.29 is 14.4 Å². The van der Waals surface area contributed by atoms with E-state index in [0.717, 1.165) is 38.2 Å². The highest BCUT2D eigenvalue weighted by Gasteiger charge is 2.37. The fourth-order valence-corrected chi connectivity index (χ4v) is 2.91. The average Bonchev–Trinajstić information content (AvgIpc) is 2.42. The quantitative estimate of drug-likeness (QED) is 0.651. The first-order chi connectivity index (χ1) is 9.00. The van der Waals surface area contributed by atoms with Gasteiger partial charge in [0.25, 0.3) is 5.69 Å². The van der Waals surface area contributed by atoms with E-state index in [2.05, 4.69) is 0 Å². The third kappa shape index (κ3) is 2.40. The summed E-state index contributed by atoms with van der Waals surface area (Å²) in [6.45, 7) is 0.251. The zero-order valence-corrected chi connectivity index (χ0v) is 10.6. The summed E-state index contributed by atoms with van der Waals surface area (Å²) in [7, 11) is 0. The van der Waals surface area contributed by atoms with Gasteiger partial charge in [-0.05, 0) is 12.8 Å². The van der Waals surface area contributed by atoms with Gasteiger partial charge in [0.15, 0.2) is 11.6 Å². The lowest BCUT2D eigenvalue weighted by Gasteiger charge is -2.37. The van der Waals surface area contributed by atoms with Crippen molar-refractivity contribution in [2.75, 3.05) is 6.54 Å². The minimum atomic E-state index is -0.956. The second kappa shape index (κ2) is 5.13. The van der Waals surface area contributed by atoms with Gasteiger partial charge in [-0.3, -0.25) is 10.1 Å². The number of halogens is 1. The Kier molecular flexibility index (Phi) is 3.71. The van der Waals surface area contributed by atoms with E-state index in [9.17, 15) is 19.6 Å². The molecule has 1 fully saturated rings. The first kappa shape index (κ1) is 13.7. The Morgan fingerprint density at radius 1 is 1.37 bits per heavy atom. The van der Waals surface area contributed by atoms with Crippen molar-refractivity contribution in [3.05, 3.63) is 33.6 Å². The highest BCUT2D eigenvalue weighted by Crippen LogP contribution is 2.44. The van der Waals surface area contributed by atoms with Crippen LogP contribution in [-0.2, 0) is 5.41 Å². The third-order valence-electron chi connectivity index (χ3n) is 4.03. The minimum absolute atomic E-state index is 0.251. The maximum absolute atomic E-state index is 13.7. The minimum Gasteiger partial charge on any atom is -0.505 e. The monoisotopic (exact) mass is 268 g/mol. The maximum atomic E-state index is 13.7. The SMILES string of the molecule is NCC1(c2cc([N+](=O)[O-])cc(F)c2O)CCCCC1. The summed E-state index contributed by atoms with van der Waals surface area (Å²) in [5, 5.41) is 20.7. The van der Waals surface area contributed by atoms with E-state index >= 15 is 0 Å². The van der Waals surface area contributed by atoms with Crippen LogP contribution in [-0.4, -0.2) is 16.6 Å². The van der Waals surface area contributed by atoms with Crippen LogP contribution in [0.1, 0.15) is 37.7 Å². The zero-order chi connectivity index (χ0) is 14.0. The molecular formula is C13H17FN2O3. The van der Waals surface area contributed by atoms with E-state index in [-0.39, 0.29) is 17.8 Å². The van der Waals surface area contributed by atoms with Crippen LogP contribution in [0, 0.1) is 15.9 Å². The molecule has 1 aromatic rings. The molecule has 0 bridgehead atoms. The van der Waals surface area contributed by atoms with Gasteiger partial charge in [-0.25, -0.2) is 4.39 Å². The van der Waals surface area contributed by atoms with Crippen LogP contribution in [0.4, 0.5) is 10.1 Å². The molecule has 1 aromatic carbocycles. The van der Waals surface area contributed by atoms with Crippen molar-refractivity contribution in [2.45, 2.75) is 37.5 Å². The van der Waals surface area contributed by atoms with Crippen molar-refractivity contribution in [3.63, 3.8) is 0 Å². The topological polar surface area (TPSA) is 89.4 Å². The van der Waals surface area contributed by atoms with Gasteiger partial charge in [-0.2, -0.15) is 0 Å². The van der Waals surface area contributed by atoms with Crippen LogP contribution in [0.3, 0.4) is 0 Å². The standard InChI is InChI=1S/C13H17FN2O3/c14-11-7-9(16(18)19)6-10(12(11)17)13(8-15)4-2-1-3-5-13/h6-7,17H,1-5,8,15H2. The lowest BCUT2D eigenvalue weighted by atomic mass is 9.69. The molecule has 0 radical (unpaired) electrons. The Bertz CT molecular complexity index is 499. The molecule has 2 rings (SSSR count). The number of nitrogens with zero attached hydrogens (tertiary/aromatic N) is 1. The number of non-ortho nitro benzene ring substituents is 1. The van der Waals surface area contributed by atoms with Crippen LogP contribution >= 0.6 is 0 Å². The highest BCUT2D eigenvalue weighted by molar-refractivity contribution is 5.48. The van der Waals surface area contributed by atoms with Gasteiger partial charge >= 0.3 is 0 Å². The Morgan fingerprint density at radius 3 is 2.53 bits per heavy atom. The maximum Gasteiger partial charge on any atom is 0.272 e. The molecule has 0 aromatic heterocycles. The van der Waals surface area contributed by atoms with Crippen LogP contribution in [0.15, 0.2) is 12.1 Å². The average molecular weight is 268 g/mol. The third-order valence-corrected chi connectivity index (χ3v) is 4.03. The first-order valence-electron chi connectivity index (χ1n) is 6.37. The normalized spacial score (nSPS) is 18.2. The van der Waals surface area contributed by atoms with Gasteiger partial charge in [-0.1, -0.05) is 19.3 Å². The molecule has 0 saturated heterocycles. The predicted molar refractivity (Wildman–Crippen MR) is 68.5 cm³/mol. The van der Waals surface area contributed by atoms with Gasteiger partial charge in [0.05, 0.1) is 11.0 Å². The molecule has 0 spiro atoms. The first-order valence-corrected chi connectivity index (χ1v) is 6.37. The van der Waals surface area contributed by atoms with Crippen molar-refractivity contribution in [3.8, 4) is 5.75 Å². The van der Waals surface area contributed by atoms with E-state index in [4.69, 9.17) is 5.73 Å². The molecule has 5 nitrogen and oxygen atoms in total. The number of phenols is 1. The van der Waals surface area contributed by atoms with E-state index < -0.39 is 21.9 Å². The highest BCUT2D eigenvalue weighted by atomic mass is 19.1. The number of phenolic OH excluding ortho intramolecular Hbond substituents is 1. The molecule has 0 unspecified atom stereocenters. The number of nitrogens with two attached hydrogens (primary N) is 1. The predicted octanol–water partition coefficient (Wildman–Crippen LogP) is 2.60. The van der Waals surface area contributed by atoms with Gasteiger partial charge in [0.1, 0.15) is 0 Å². The molecule has 3 N–H and O–H groups in total. The molecule has 0 atom stereocenters. The van der Waals surface area contributed by atoms with Gasteiger partial charge < -0.3 is 10.8 Å². The summed E-state index contributed by atoms with van der Waals surface area (Å²) in [6, 6.07) is 2.00. The molecule has 1 aliphatic rings. The summed E-state index contributed by atoms with van der Waals surface area (Å²) < 4.78 is 13.7. The smallest absolute Gasteiger partial charge is 0.272 e. The fourth-order valence-electron chi connectivity index (χ4n) is 2.91. The van der Waals surface area contributed by atoms with E-state index in [1.54, 1.807) is 0 Å². The van der Waals surface area contributed by atoms with Crippen LogP contribution < -0.4 is 5.73 Å². The number of benzene rings is 1. The molecule has 1 saturated carbocycles. The van der Waals surface area contributed by atoms with Crippen LogP contribution in [0.2, 0.25) is 0 Å². The molecule has 0 amide bonds. The number of hydrogen-bond acceptors (Lipinski definition) is 4. The summed E-state index contributed by atoms with van der Waals surface area (Å²) >= 11 is 0. The number of hydrogen-bond donors (Lipinski definition) is 2. The van der Waals surface area contributed by atoms with E-state index in [0.29, 0.717) is 0 Å². The lowest BCUT2D eigenvalue weighted by Crippen LogP contribution is -2.37. The molecule has 0 aliphatic heterocycles. The largest absolute Gasteiger partial charge is 0.505 e. The number of nitro groups is 1. The zero-order valence-electron chi connectivity index (χ0n) is 10.6. The molecule has 19 heavy (non-hydrogen) atoms. The Morgan fingerprint density at radius 2 is 2.00 bits per heavy atom. The summed E-state index contributed by atoms with van der Waals surface area (Å²) in [4.78, 5) is 10.2. The van der Waals surface area contributed by atoms with Crippen molar-refractivity contribution >= 4 is 5.69 Å². The van der Waals surface area contributed by atoms with Crippen molar-refractivity contribution in [1.29, 1.82) is 0 Å². The summed E-state index contributed by atoms with van der Waals surface area (Å²) in [5.74, 6) is -1.46.